The number of piperidine rings is 1. The second kappa shape index (κ2) is 7.82. The minimum absolute atomic E-state index is 0.368. The molecule has 1 spiro atoms. The van der Waals surface area contributed by atoms with Gasteiger partial charge >= 0.3 is 0 Å². The van der Waals surface area contributed by atoms with Crippen LogP contribution in [0.2, 0.25) is 0 Å². The summed E-state index contributed by atoms with van der Waals surface area (Å²) in [4.78, 5) is 14.4. The molecule has 0 amide bonds. The van der Waals surface area contributed by atoms with Gasteiger partial charge in [-0.2, -0.15) is 0 Å². The molecule has 2 fully saturated rings. The Kier molecular flexibility index (Phi) is 5.27. The molecule has 144 valence electrons. The zero-order valence-electron chi connectivity index (χ0n) is 16.2. The lowest BCUT2D eigenvalue weighted by atomic mass is 10.0. The smallest absolute Gasteiger partial charge is 0.171 e. The lowest BCUT2D eigenvalue weighted by Gasteiger charge is -2.38. The molecule has 0 unspecified atom stereocenters. The molecule has 3 heterocycles. The Morgan fingerprint density at radius 2 is 1.67 bits per heavy atom. The molecular formula is C21H28N4O2. The van der Waals surface area contributed by atoms with Gasteiger partial charge in [0.25, 0.3) is 0 Å². The first kappa shape index (κ1) is 18.2. The van der Waals surface area contributed by atoms with Crippen LogP contribution in [0.15, 0.2) is 36.4 Å². The molecule has 2 aliphatic rings. The van der Waals surface area contributed by atoms with E-state index in [0.29, 0.717) is 13.2 Å². The van der Waals surface area contributed by atoms with Crippen LogP contribution in [0.25, 0.3) is 11.4 Å². The number of anilines is 2. The first-order chi connectivity index (χ1) is 13.2. The van der Waals surface area contributed by atoms with E-state index in [1.807, 2.05) is 18.2 Å². The van der Waals surface area contributed by atoms with Crippen molar-refractivity contribution >= 4 is 11.6 Å². The normalized spacial score (nSPS) is 18.8. The third kappa shape index (κ3) is 3.77. The predicted octanol–water partition coefficient (Wildman–Crippen LogP) is 3.33. The highest BCUT2D eigenvalue weighted by Crippen LogP contribution is 2.34. The number of rotatable bonds is 5. The Hall–Kier alpha value is -2.18. The molecule has 2 aliphatic heterocycles. The number of benzene rings is 1. The maximum Gasteiger partial charge on any atom is 0.171 e. The first-order valence-corrected chi connectivity index (χ1v) is 9.95. The number of aromatic nitrogens is 2. The molecular weight excluding hydrogens is 340 g/mol. The largest absolute Gasteiger partial charge is 0.357 e. The summed E-state index contributed by atoms with van der Waals surface area (Å²) in [6.45, 7) is 9.33. The SMILES string of the molecule is CCN(CC)c1cc(N2CCC3(CC2)OCCO3)nc(-c2ccccc2)n1. The molecule has 0 bridgehead atoms. The van der Waals surface area contributed by atoms with Crippen molar-refractivity contribution in [3.8, 4) is 11.4 Å². The van der Waals surface area contributed by atoms with Crippen molar-refractivity contribution in [1.29, 1.82) is 0 Å². The molecule has 0 atom stereocenters. The molecule has 1 aromatic heterocycles. The number of hydrogen-bond acceptors (Lipinski definition) is 6. The molecule has 2 aromatic rings. The Morgan fingerprint density at radius 3 is 2.30 bits per heavy atom. The molecule has 6 nitrogen and oxygen atoms in total. The summed E-state index contributed by atoms with van der Waals surface area (Å²) in [6.07, 6.45) is 1.75. The molecule has 2 saturated heterocycles. The summed E-state index contributed by atoms with van der Waals surface area (Å²) >= 11 is 0. The van der Waals surface area contributed by atoms with Crippen LogP contribution < -0.4 is 9.80 Å². The van der Waals surface area contributed by atoms with E-state index >= 15 is 0 Å². The van der Waals surface area contributed by atoms with E-state index in [1.54, 1.807) is 0 Å². The van der Waals surface area contributed by atoms with Crippen LogP contribution in [0.3, 0.4) is 0 Å². The van der Waals surface area contributed by atoms with Gasteiger partial charge in [0.2, 0.25) is 0 Å². The second-order valence-corrected chi connectivity index (χ2v) is 7.04. The van der Waals surface area contributed by atoms with E-state index in [2.05, 4.69) is 41.8 Å². The van der Waals surface area contributed by atoms with Gasteiger partial charge < -0.3 is 19.3 Å². The fourth-order valence-corrected chi connectivity index (χ4v) is 3.87. The van der Waals surface area contributed by atoms with E-state index in [1.165, 1.54) is 0 Å². The zero-order valence-corrected chi connectivity index (χ0v) is 16.2. The summed E-state index contributed by atoms with van der Waals surface area (Å²) < 4.78 is 11.7. The quantitative estimate of drug-likeness (QED) is 0.807. The molecule has 0 saturated carbocycles. The van der Waals surface area contributed by atoms with Crippen molar-refractivity contribution in [2.24, 2.45) is 0 Å². The first-order valence-electron chi connectivity index (χ1n) is 9.95. The molecule has 4 rings (SSSR count). The molecule has 0 N–H and O–H groups in total. The van der Waals surface area contributed by atoms with Crippen LogP contribution in [0, 0.1) is 0 Å². The summed E-state index contributed by atoms with van der Waals surface area (Å²) in [5, 5.41) is 0. The molecule has 6 heteroatoms. The van der Waals surface area contributed by atoms with Gasteiger partial charge in [0.1, 0.15) is 11.6 Å². The van der Waals surface area contributed by atoms with Gasteiger partial charge in [0, 0.05) is 50.7 Å². The van der Waals surface area contributed by atoms with Crippen molar-refractivity contribution in [3.63, 3.8) is 0 Å². The van der Waals surface area contributed by atoms with Crippen molar-refractivity contribution in [2.45, 2.75) is 32.5 Å². The van der Waals surface area contributed by atoms with Crippen LogP contribution in [-0.2, 0) is 9.47 Å². The fraction of sp³-hybridized carbons (Fsp3) is 0.524. The predicted molar refractivity (Wildman–Crippen MR) is 107 cm³/mol. The Morgan fingerprint density at radius 1 is 1.00 bits per heavy atom. The number of nitrogens with zero attached hydrogens (tertiary/aromatic N) is 4. The second-order valence-electron chi connectivity index (χ2n) is 7.04. The van der Waals surface area contributed by atoms with Crippen molar-refractivity contribution in [2.75, 3.05) is 49.2 Å². The molecule has 0 aliphatic carbocycles. The van der Waals surface area contributed by atoms with E-state index in [-0.39, 0.29) is 5.79 Å². The maximum atomic E-state index is 5.87. The van der Waals surface area contributed by atoms with Gasteiger partial charge in [-0.1, -0.05) is 30.3 Å². The van der Waals surface area contributed by atoms with Gasteiger partial charge in [0.05, 0.1) is 13.2 Å². The Bertz CT molecular complexity index is 748. The molecule has 1 aromatic carbocycles. The Balaban J connectivity index is 1.64. The van der Waals surface area contributed by atoms with Gasteiger partial charge in [-0.3, -0.25) is 0 Å². The maximum absolute atomic E-state index is 5.87. The topological polar surface area (TPSA) is 50.7 Å². The van der Waals surface area contributed by atoms with Crippen molar-refractivity contribution in [1.82, 2.24) is 9.97 Å². The summed E-state index contributed by atoms with van der Waals surface area (Å²) in [7, 11) is 0. The number of hydrogen-bond donors (Lipinski definition) is 0. The lowest BCUT2D eigenvalue weighted by Crippen LogP contribution is -2.45. The summed E-state index contributed by atoms with van der Waals surface area (Å²) in [5.74, 6) is 2.38. The number of ether oxygens (including phenoxy) is 2. The molecule has 0 radical (unpaired) electrons. The van der Waals surface area contributed by atoms with Crippen LogP contribution in [0.4, 0.5) is 11.6 Å². The van der Waals surface area contributed by atoms with Crippen LogP contribution in [-0.4, -0.2) is 55.1 Å². The van der Waals surface area contributed by atoms with Crippen molar-refractivity contribution in [3.05, 3.63) is 36.4 Å². The molecule has 27 heavy (non-hydrogen) atoms. The van der Waals surface area contributed by atoms with E-state index in [4.69, 9.17) is 19.4 Å². The Labute approximate surface area is 161 Å². The van der Waals surface area contributed by atoms with Crippen LogP contribution >= 0.6 is 0 Å². The van der Waals surface area contributed by atoms with Crippen LogP contribution in [0.5, 0.6) is 0 Å². The fourth-order valence-electron chi connectivity index (χ4n) is 3.87. The lowest BCUT2D eigenvalue weighted by molar-refractivity contribution is -0.169. The minimum Gasteiger partial charge on any atom is -0.357 e. The van der Waals surface area contributed by atoms with Crippen molar-refractivity contribution < 1.29 is 9.47 Å². The third-order valence-electron chi connectivity index (χ3n) is 5.48. The average molecular weight is 368 g/mol. The highest BCUT2D eigenvalue weighted by molar-refractivity contribution is 5.62. The summed E-state index contributed by atoms with van der Waals surface area (Å²) in [6, 6.07) is 12.3. The zero-order chi connectivity index (χ0) is 18.7. The summed E-state index contributed by atoms with van der Waals surface area (Å²) in [5.41, 5.74) is 1.05. The third-order valence-corrected chi connectivity index (χ3v) is 5.48. The van der Waals surface area contributed by atoms with E-state index in [9.17, 15) is 0 Å². The highest BCUT2D eigenvalue weighted by Gasteiger charge is 2.40. The van der Waals surface area contributed by atoms with Gasteiger partial charge in [-0.15, -0.1) is 0 Å². The highest BCUT2D eigenvalue weighted by atomic mass is 16.7. The van der Waals surface area contributed by atoms with Gasteiger partial charge in [-0.25, -0.2) is 9.97 Å². The monoisotopic (exact) mass is 368 g/mol. The van der Waals surface area contributed by atoms with E-state index in [0.717, 1.165) is 62.0 Å². The van der Waals surface area contributed by atoms with Gasteiger partial charge in [0.15, 0.2) is 11.6 Å². The standard InChI is InChI=1S/C21H28N4O2/c1-3-24(4-2)18-16-19(23-20(22-18)17-8-6-5-7-9-17)25-12-10-21(11-13-25)26-14-15-27-21/h5-9,16H,3-4,10-15H2,1-2H3. The van der Waals surface area contributed by atoms with E-state index < -0.39 is 0 Å². The van der Waals surface area contributed by atoms with Gasteiger partial charge in [-0.05, 0) is 13.8 Å². The minimum atomic E-state index is -0.368. The average Bonchev–Trinajstić information content (AvgIpc) is 3.18. The van der Waals surface area contributed by atoms with Crippen LogP contribution in [0.1, 0.15) is 26.7 Å².